The standard InChI is InChI=1S/C15H24N4O2/c1-21-11-13(3-2-8-16)18-12-4-6-14(7-5-12)19-10-9-17-15(19)20/h4-7,13,18H,2-3,8-11,16H2,1H3,(H,17,20). The summed E-state index contributed by atoms with van der Waals surface area (Å²) in [6.07, 6.45) is 1.94. The van der Waals surface area contributed by atoms with Gasteiger partial charge < -0.3 is 21.1 Å². The van der Waals surface area contributed by atoms with Crippen LogP contribution in [0, 0.1) is 0 Å². The van der Waals surface area contributed by atoms with Crippen molar-refractivity contribution in [2.75, 3.05) is 43.6 Å². The van der Waals surface area contributed by atoms with Gasteiger partial charge in [-0.15, -0.1) is 0 Å². The van der Waals surface area contributed by atoms with Crippen LogP contribution in [0.2, 0.25) is 0 Å². The van der Waals surface area contributed by atoms with E-state index in [0.29, 0.717) is 26.2 Å². The number of amides is 2. The number of urea groups is 1. The summed E-state index contributed by atoms with van der Waals surface area (Å²) in [5.41, 5.74) is 7.50. The number of carbonyl (C=O) groups is 1. The van der Waals surface area contributed by atoms with Gasteiger partial charge in [0.15, 0.2) is 0 Å². The number of rotatable bonds is 8. The van der Waals surface area contributed by atoms with E-state index in [1.807, 2.05) is 24.3 Å². The second-order valence-electron chi connectivity index (χ2n) is 5.16. The Hall–Kier alpha value is -1.79. The predicted octanol–water partition coefficient (Wildman–Crippen LogP) is 1.38. The second-order valence-corrected chi connectivity index (χ2v) is 5.16. The molecule has 1 aromatic rings. The Bertz CT molecular complexity index is 449. The van der Waals surface area contributed by atoms with Crippen LogP contribution in [0.3, 0.4) is 0 Å². The van der Waals surface area contributed by atoms with Crippen molar-refractivity contribution in [2.45, 2.75) is 18.9 Å². The maximum Gasteiger partial charge on any atom is 0.321 e. The normalized spacial score (nSPS) is 15.9. The van der Waals surface area contributed by atoms with Crippen molar-refractivity contribution in [1.29, 1.82) is 0 Å². The van der Waals surface area contributed by atoms with Crippen LogP contribution >= 0.6 is 0 Å². The molecule has 4 N–H and O–H groups in total. The Labute approximate surface area is 125 Å². The molecule has 1 aliphatic rings. The number of methoxy groups -OCH3 is 1. The van der Waals surface area contributed by atoms with Crippen molar-refractivity contribution in [3.63, 3.8) is 0 Å². The van der Waals surface area contributed by atoms with E-state index in [1.165, 1.54) is 0 Å². The van der Waals surface area contributed by atoms with Crippen LogP contribution in [0.25, 0.3) is 0 Å². The fraction of sp³-hybridized carbons (Fsp3) is 0.533. The summed E-state index contributed by atoms with van der Waals surface area (Å²) in [6, 6.07) is 8.12. The molecule has 1 aromatic carbocycles. The minimum atomic E-state index is -0.0316. The third kappa shape index (κ3) is 4.34. The number of nitrogens with two attached hydrogens (primary N) is 1. The molecule has 0 aliphatic carbocycles. The lowest BCUT2D eigenvalue weighted by atomic mass is 10.1. The highest BCUT2D eigenvalue weighted by Crippen LogP contribution is 2.20. The largest absolute Gasteiger partial charge is 0.383 e. The van der Waals surface area contributed by atoms with Gasteiger partial charge >= 0.3 is 6.03 Å². The van der Waals surface area contributed by atoms with E-state index < -0.39 is 0 Å². The highest BCUT2D eigenvalue weighted by molar-refractivity contribution is 5.94. The Balaban J connectivity index is 1.95. The number of nitrogens with one attached hydrogen (secondary N) is 2. The fourth-order valence-corrected chi connectivity index (χ4v) is 2.45. The molecule has 2 rings (SSSR count). The lowest BCUT2D eigenvalue weighted by Gasteiger charge is -2.20. The molecule has 1 unspecified atom stereocenters. The van der Waals surface area contributed by atoms with E-state index in [2.05, 4.69) is 10.6 Å². The van der Waals surface area contributed by atoms with E-state index in [0.717, 1.165) is 24.2 Å². The first-order valence-electron chi connectivity index (χ1n) is 7.35. The van der Waals surface area contributed by atoms with Gasteiger partial charge in [0.2, 0.25) is 0 Å². The zero-order valence-corrected chi connectivity index (χ0v) is 12.5. The maximum absolute atomic E-state index is 11.6. The van der Waals surface area contributed by atoms with Crippen LogP contribution in [0.1, 0.15) is 12.8 Å². The summed E-state index contributed by atoms with van der Waals surface area (Å²) >= 11 is 0. The summed E-state index contributed by atoms with van der Waals surface area (Å²) in [7, 11) is 1.70. The monoisotopic (exact) mass is 292 g/mol. The molecule has 1 heterocycles. The summed E-state index contributed by atoms with van der Waals surface area (Å²) in [5.74, 6) is 0. The molecule has 1 fully saturated rings. The molecule has 0 radical (unpaired) electrons. The zero-order chi connectivity index (χ0) is 15.1. The maximum atomic E-state index is 11.6. The van der Waals surface area contributed by atoms with Crippen LogP contribution in [0.4, 0.5) is 16.2 Å². The summed E-state index contributed by atoms with van der Waals surface area (Å²) in [6.45, 7) is 2.75. The molecule has 1 aliphatic heterocycles. The zero-order valence-electron chi connectivity index (χ0n) is 12.5. The molecule has 2 amide bonds. The molecule has 6 heteroatoms. The van der Waals surface area contributed by atoms with Gasteiger partial charge in [-0.2, -0.15) is 0 Å². The number of hydrogen-bond donors (Lipinski definition) is 3. The molecule has 0 bridgehead atoms. The number of ether oxygens (including phenoxy) is 1. The average molecular weight is 292 g/mol. The van der Waals surface area contributed by atoms with Crippen LogP contribution in [0.5, 0.6) is 0 Å². The van der Waals surface area contributed by atoms with Gasteiger partial charge in [-0.25, -0.2) is 4.79 Å². The highest BCUT2D eigenvalue weighted by Gasteiger charge is 2.20. The molecular formula is C15H24N4O2. The summed E-state index contributed by atoms with van der Waals surface area (Å²) < 4.78 is 5.23. The van der Waals surface area contributed by atoms with Gasteiger partial charge in [0.1, 0.15) is 0 Å². The molecule has 0 saturated carbocycles. The van der Waals surface area contributed by atoms with Crippen molar-refractivity contribution in [1.82, 2.24) is 5.32 Å². The van der Waals surface area contributed by atoms with Crippen LogP contribution in [-0.4, -0.2) is 45.4 Å². The van der Waals surface area contributed by atoms with E-state index in [9.17, 15) is 4.79 Å². The van der Waals surface area contributed by atoms with E-state index >= 15 is 0 Å². The van der Waals surface area contributed by atoms with Crippen molar-refractivity contribution in [3.05, 3.63) is 24.3 Å². The van der Waals surface area contributed by atoms with Crippen molar-refractivity contribution in [2.24, 2.45) is 5.73 Å². The van der Waals surface area contributed by atoms with Crippen LogP contribution in [0.15, 0.2) is 24.3 Å². The molecule has 116 valence electrons. The van der Waals surface area contributed by atoms with Crippen molar-refractivity contribution >= 4 is 17.4 Å². The van der Waals surface area contributed by atoms with Crippen LogP contribution in [-0.2, 0) is 4.74 Å². The van der Waals surface area contributed by atoms with Gasteiger partial charge in [0.25, 0.3) is 0 Å². The van der Waals surface area contributed by atoms with Gasteiger partial charge in [-0.3, -0.25) is 4.90 Å². The topological polar surface area (TPSA) is 79.6 Å². The molecular weight excluding hydrogens is 268 g/mol. The first-order chi connectivity index (χ1) is 10.2. The lowest BCUT2D eigenvalue weighted by Crippen LogP contribution is -2.28. The Kier molecular flexibility index (Phi) is 5.83. The Morgan fingerprint density at radius 2 is 2.19 bits per heavy atom. The van der Waals surface area contributed by atoms with E-state index in [-0.39, 0.29) is 12.1 Å². The predicted molar refractivity (Wildman–Crippen MR) is 84.8 cm³/mol. The minimum absolute atomic E-state index is 0.0316. The number of carbonyl (C=O) groups excluding carboxylic acids is 1. The number of benzene rings is 1. The van der Waals surface area contributed by atoms with Gasteiger partial charge in [-0.05, 0) is 43.7 Å². The van der Waals surface area contributed by atoms with Gasteiger partial charge in [0.05, 0.1) is 6.61 Å². The first-order valence-corrected chi connectivity index (χ1v) is 7.35. The third-order valence-electron chi connectivity index (χ3n) is 3.53. The molecule has 21 heavy (non-hydrogen) atoms. The number of nitrogens with zero attached hydrogens (tertiary/aromatic N) is 1. The average Bonchev–Trinajstić information content (AvgIpc) is 2.92. The second kappa shape index (κ2) is 7.85. The number of hydrogen-bond acceptors (Lipinski definition) is 4. The Morgan fingerprint density at radius 1 is 1.43 bits per heavy atom. The number of anilines is 2. The van der Waals surface area contributed by atoms with Gasteiger partial charge in [-0.1, -0.05) is 0 Å². The third-order valence-corrected chi connectivity index (χ3v) is 3.53. The SMILES string of the molecule is COCC(CCCN)Nc1ccc(N2CCNC2=O)cc1. The smallest absolute Gasteiger partial charge is 0.321 e. The molecule has 6 nitrogen and oxygen atoms in total. The summed E-state index contributed by atoms with van der Waals surface area (Å²) in [5, 5.41) is 6.24. The van der Waals surface area contributed by atoms with Crippen LogP contribution < -0.4 is 21.3 Å². The van der Waals surface area contributed by atoms with E-state index in [1.54, 1.807) is 12.0 Å². The minimum Gasteiger partial charge on any atom is -0.383 e. The molecule has 1 atom stereocenters. The van der Waals surface area contributed by atoms with Crippen molar-refractivity contribution < 1.29 is 9.53 Å². The van der Waals surface area contributed by atoms with E-state index in [4.69, 9.17) is 10.5 Å². The molecule has 0 spiro atoms. The highest BCUT2D eigenvalue weighted by atomic mass is 16.5. The van der Waals surface area contributed by atoms with Crippen molar-refractivity contribution in [3.8, 4) is 0 Å². The summed E-state index contributed by atoms with van der Waals surface area (Å²) in [4.78, 5) is 13.4. The molecule has 1 saturated heterocycles. The lowest BCUT2D eigenvalue weighted by molar-refractivity contribution is 0.182. The van der Waals surface area contributed by atoms with Gasteiger partial charge in [0, 0.05) is 37.6 Å². The molecule has 0 aromatic heterocycles. The first kappa shape index (κ1) is 15.6. The fourth-order valence-electron chi connectivity index (χ4n) is 2.45. The quantitative estimate of drug-likeness (QED) is 0.676. The Morgan fingerprint density at radius 3 is 2.76 bits per heavy atom.